The molecule has 0 saturated carbocycles. The second-order valence-electron chi connectivity index (χ2n) is 4.03. The van der Waals surface area contributed by atoms with E-state index in [0.29, 0.717) is 24.7 Å². The van der Waals surface area contributed by atoms with Crippen LogP contribution in [0.15, 0.2) is 10.6 Å². The summed E-state index contributed by atoms with van der Waals surface area (Å²) < 4.78 is 4.83. The second kappa shape index (κ2) is 7.40. The number of hydrogen-bond donors (Lipinski definition) is 2. The number of amides is 3. The molecule has 7 heteroatoms. The van der Waals surface area contributed by atoms with Crippen molar-refractivity contribution in [2.75, 3.05) is 25.0 Å². The largest absolute Gasteiger partial charge is 0.360 e. The van der Waals surface area contributed by atoms with Gasteiger partial charge in [-0.05, 0) is 20.8 Å². The van der Waals surface area contributed by atoms with Gasteiger partial charge >= 0.3 is 6.03 Å². The van der Waals surface area contributed by atoms with Crippen LogP contribution in [-0.4, -0.2) is 41.6 Å². The average molecular weight is 268 g/mol. The zero-order valence-electron chi connectivity index (χ0n) is 11.5. The molecule has 106 valence electrons. The molecule has 0 aliphatic carbocycles. The molecule has 1 rings (SSSR count). The van der Waals surface area contributed by atoms with Gasteiger partial charge in [0.2, 0.25) is 5.91 Å². The molecule has 1 aromatic rings. The van der Waals surface area contributed by atoms with E-state index in [9.17, 15) is 9.59 Å². The Labute approximate surface area is 112 Å². The van der Waals surface area contributed by atoms with Gasteiger partial charge in [0.25, 0.3) is 0 Å². The molecule has 0 saturated heterocycles. The van der Waals surface area contributed by atoms with E-state index in [1.54, 1.807) is 17.9 Å². The summed E-state index contributed by atoms with van der Waals surface area (Å²) in [5, 5.41) is 8.92. The maximum Gasteiger partial charge on any atom is 0.317 e. The molecule has 0 spiro atoms. The Morgan fingerprint density at radius 1 is 1.37 bits per heavy atom. The van der Waals surface area contributed by atoms with Gasteiger partial charge in [-0.1, -0.05) is 5.16 Å². The molecule has 0 fully saturated rings. The Morgan fingerprint density at radius 2 is 2.05 bits per heavy atom. The summed E-state index contributed by atoms with van der Waals surface area (Å²) in [5.41, 5.74) is 0. The summed E-state index contributed by atoms with van der Waals surface area (Å²) >= 11 is 0. The van der Waals surface area contributed by atoms with Crippen molar-refractivity contribution in [3.63, 3.8) is 0 Å². The lowest BCUT2D eigenvalue weighted by atomic mass is 10.4. The molecular formula is C12H20N4O3. The first kappa shape index (κ1) is 15.0. The third-order valence-corrected chi connectivity index (χ3v) is 2.57. The van der Waals surface area contributed by atoms with Gasteiger partial charge < -0.3 is 20.1 Å². The van der Waals surface area contributed by atoms with Gasteiger partial charge in [-0.2, -0.15) is 0 Å². The highest BCUT2D eigenvalue weighted by molar-refractivity contribution is 5.90. The summed E-state index contributed by atoms with van der Waals surface area (Å²) in [5.74, 6) is 0.802. The van der Waals surface area contributed by atoms with Crippen LogP contribution in [-0.2, 0) is 4.79 Å². The number of nitrogens with one attached hydrogen (secondary N) is 2. The molecule has 0 atom stereocenters. The van der Waals surface area contributed by atoms with Crippen molar-refractivity contribution in [2.45, 2.75) is 27.2 Å². The summed E-state index contributed by atoms with van der Waals surface area (Å²) in [6, 6.07) is 1.47. The van der Waals surface area contributed by atoms with Crippen LogP contribution in [0.5, 0.6) is 0 Å². The highest BCUT2D eigenvalue weighted by Gasteiger charge is 2.10. The van der Waals surface area contributed by atoms with E-state index in [4.69, 9.17) is 4.52 Å². The van der Waals surface area contributed by atoms with Crippen LogP contribution in [0.3, 0.4) is 0 Å². The van der Waals surface area contributed by atoms with Gasteiger partial charge in [-0.3, -0.25) is 4.79 Å². The van der Waals surface area contributed by atoms with Crippen LogP contribution in [0.2, 0.25) is 0 Å². The Kier molecular flexibility index (Phi) is 5.84. The quantitative estimate of drug-likeness (QED) is 0.815. The van der Waals surface area contributed by atoms with Gasteiger partial charge in [-0.15, -0.1) is 0 Å². The van der Waals surface area contributed by atoms with Crippen LogP contribution in [0, 0.1) is 6.92 Å². The van der Waals surface area contributed by atoms with Crippen LogP contribution in [0.25, 0.3) is 0 Å². The maximum atomic E-state index is 11.6. The van der Waals surface area contributed by atoms with Crippen molar-refractivity contribution >= 4 is 17.8 Å². The predicted molar refractivity (Wildman–Crippen MR) is 70.8 cm³/mol. The van der Waals surface area contributed by atoms with E-state index in [1.165, 1.54) is 0 Å². The van der Waals surface area contributed by atoms with Crippen molar-refractivity contribution in [2.24, 2.45) is 0 Å². The number of aromatic nitrogens is 1. The summed E-state index contributed by atoms with van der Waals surface area (Å²) in [6.45, 7) is 7.13. The standard InChI is InChI=1S/C12H20N4O3/c1-4-16(5-2)12(18)13-7-6-11(17)14-10-8-9(3)19-15-10/h8H,4-7H2,1-3H3,(H,13,18)(H,14,15,17). The molecule has 1 aromatic heterocycles. The number of urea groups is 1. The number of anilines is 1. The van der Waals surface area contributed by atoms with Gasteiger partial charge in [0, 0.05) is 32.1 Å². The molecule has 7 nitrogen and oxygen atoms in total. The Hall–Kier alpha value is -2.05. The first-order valence-corrected chi connectivity index (χ1v) is 6.32. The summed E-state index contributed by atoms with van der Waals surface area (Å²) in [6.07, 6.45) is 0.193. The van der Waals surface area contributed by atoms with Crippen molar-refractivity contribution < 1.29 is 14.1 Å². The molecule has 0 aliphatic rings. The molecule has 0 radical (unpaired) electrons. The van der Waals surface area contributed by atoms with Gasteiger partial charge in [-0.25, -0.2) is 4.79 Å². The highest BCUT2D eigenvalue weighted by Crippen LogP contribution is 2.06. The van der Waals surface area contributed by atoms with Crippen LogP contribution < -0.4 is 10.6 Å². The minimum Gasteiger partial charge on any atom is -0.360 e. The smallest absolute Gasteiger partial charge is 0.317 e. The van der Waals surface area contributed by atoms with Crippen molar-refractivity contribution in [3.05, 3.63) is 11.8 Å². The topological polar surface area (TPSA) is 87.5 Å². The van der Waals surface area contributed by atoms with E-state index in [-0.39, 0.29) is 24.9 Å². The normalized spacial score (nSPS) is 10.1. The van der Waals surface area contributed by atoms with Crippen LogP contribution >= 0.6 is 0 Å². The van der Waals surface area contributed by atoms with E-state index >= 15 is 0 Å². The number of nitrogens with zero attached hydrogens (tertiary/aromatic N) is 2. The predicted octanol–water partition coefficient (Wildman–Crippen LogP) is 1.36. The van der Waals surface area contributed by atoms with Gasteiger partial charge in [0.05, 0.1) is 0 Å². The SMILES string of the molecule is CCN(CC)C(=O)NCCC(=O)Nc1cc(C)on1. The van der Waals surface area contributed by atoms with Crippen LogP contribution in [0.4, 0.5) is 10.6 Å². The Bertz CT molecular complexity index is 426. The molecule has 19 heavy (non-hydrogen) atoms. The van der Waals surface area contributed by atoms with Crippen molar-refractivity contribution in [3.8, 4) is 0 Å². The van der Waals surface area contributed by atoms with E-state index in [1.807, 2.05) is 13.8 Å². The summed E-state index contributed by atoms with van der Waals surface area (Å²) in [4.78, 5) is 24.8. The number of hydrogen-bond acceptors (Lipinski definition) is 4. The van der Waals surface area contributed by atoms with E-state index in [2.05, 4.69) is 15.8 Å². The molecule has 0 aromatic carbocycles. The maximum absolute atomic E-state index is 11.6. The van der Waals surface area contributed by atoms with E-state index < -0.39 is 0 Å². The zero-order valence-corrected chi connectivity index (χ0v) is 11.5. The number of carbonyl (C=O) groups is 2. The average Bonchev–Trinajstić information content (AvgIpc) is 2.76. The lowest BCUT2D eigenvalue weighted by Gasteiger charge is -2.18. The molecule has 0 aliphatic heterocycles. The fourth-order valence-electron chi connectivity index (χ4n) is 1.54. The third-order valence-electron chi connectivity index (χ3n) is 2.57. The van der Waals surface area contributed by atoms with Gasteiger partial charge in [0.1, 0.15) is 5.76 Å². The first-order chi connectivity index (χ1) is 9.06. The molecule has 2 N–H and O–H groups in total. The van der Waals surface area contributed by atoms with Crippen molar-refractivity contribution in [1.29, 1.82) is 0 Å². The Morgan fingerprint density at radius 3 is 2.58 bits per heavy atom. The lowest BCUT2D eigenvalue weighted by molar-refractivity contribution is -0.116. The number of carbonyl (C=O) groups excluding carboxylic acids is 2. The lowest BCUT2D eigenvalue weighted by Crippen LogP contribution is -2.40. The number of aryl methyl sites for hydroxylation is 1. The fraction of sp³-hybridized carbons (Fsp3) is 0.583. The van der Waals surface area contributed by atoms with Crippen LogP contribution in [0.1, 0.15) is 26.0 Å². The monoisotopic (exact) mass is 268 g/mol. The molecule has 3 amide bonds. The molecule has 0 bridgehead atoms. The minimum absolute atomic E-state index is 0.157. The first-order valence-electron chi connectivity index (χ1n) is 6.32. The Balaban J connectivity index is 2.25. The minimum atomic E-state index is -0.215. The molecule has 0 unspecified atom stereocenters. The third kappa shape index (κ3) is 4.99. The van der Waals surface area contributed by atoms with E-state index in [0.717, 1.165) is 0 Å². The fourth-order valence-corrected chi connectivity index (χ4v) is 1.54. The van der Waals surface area contributed by atoms with Crippen molar-refractivity contribution in [1.82, 2.24) is 15.4 Å². The van der Waals surface area contributed by atoms with Gasteiger partial charge in [0.15, 0.2) is 5.82 Å². The summed E-state index contributed by atoms with van der Waals surface area (Å²) in [7, 11) is 0. The second-order valence-corrected chi connectivity index (χ2v) is 4.03. The zero-order chi connectivity index (χ0) is 14.3. The molecule has 1 heterocycles. The highest BCUT2D eigenvalue weighted by atomic mass is 16.5. The number of rotatable bonds is 6. The molecular weight excluding hydrogens is 248 g/mol.